The molecule has 0 radical (unpaired) electrons. The third-order valence-electron chi connectivity index (χ3n) is 3.29. The minimum Gasteiger partial charge on any atom is -0.325 e. The smallest absolute Gasteiger partial charge is 0.0438 e. The van der Waals surface area contributed by atoms with Gasteiger partial charge in [0, 0.05) is 10.6 Å². The van der Waals surface area contributed by atoms with Gasteiger partial charge >= 0.3 is 0 Å². The van der Waals surface area contributed by atoms with Crippen LogP contribution in [-0.4, -0.2) is 5.54 Å². The maximum absolute atomic E-state index is 6.38. The predicted octanol–water partition coefficient (Wildman–Crippen LogP) is 3.65. The molecule has 1 rings (SSSR count). The van der Waals surface area contributed by atoms with E-state index in [9.17, 15) is 0 Å². The fourth-order valence-corrected chi connectivity index (χ4v) is 1.94. The molecule has 0 saturated heterocycles. The third-order valence-corrected chi connectivity index (χ3v) is 3.65. The molecule has 0 spiro atoms. The third kappa shape index (κ3) is 2.96. The highest BCUT2D eigenvalue weighted by atomic mass is 35.5. The van der Waals surface area contributed by atoms with E-state index in [4.69, 9.17) is 17.3 Å². The van der Waals surface area contributed by atoms with Gasteiger partial charge in [0.25, 0.3) is 0 Å². The Morgan fingerprint density at radius 3 is 2.40 bits per heavy atom. The van der Waals surface area contributed by atoms with Crippen LogP contribution in [-0.2, 0) is 6.42 Å². The lowest BCUT2D eigenvalue weighted by Crippen LogP contribution is -2.46. The zero-order valence-corrected chi connectivity index (χ0v) is 10.5. The van der Waals surface area contributed by atoms with E-state index in [1.54, 1.807) is 0 Å². The Bertz CT molecular complexity index is 322. The minimum absolute atomic E-state index is 0.148. The van der Waals surface area contributed by atoms with Crippen LogP contribution in [0.15, 0.2) is 24.3 Å². The molecule has 0 amide bonds. The first-order chi connectivity index (χ1) is 6.99. The summed E-state index contributed by atoms with van der Waals surface area (Å²) in [4.78, 5) is 0. The average molecular weight is 226 g/mol. The van der Waals surface area contributed by atoms with Crippen LogP contribution in [0.2, 0.25) is 5.02 Å². The minimum atomic E-state index is -0.148. The van der Waals surface area contributed by atoms with Gasteiger partial charge in [-0.2, -0.15) is 0 Å². The zero-order valence-electron chi connectivity index (χ0n) is 9.76. The number of hydrogen-bond acceptors (Lipinski definition) is 1. The summed E-state index contributed by atoms with van der Waals surface area (Å²) in [7, 11) is 0. The number of rotatable bonds is 4. The Kier molecular flexibility index (Phi) is 4.18. The lowest BCUT2D eigenvalue weighted by Gasteiger charge is -2.33. The number of benzene rings is 1. The lowest BCUT2D eigenvalue weighted by molar-refractivity contribution is 0.296. The van der Waals surface area contributed by atoms with Crippen molar-refractivity contribution in [2.75, 3.05) is 0 Å². The summed E-state index contributed by atoms with van der Waals surface area (Å²) in [6.07, 6.45) is 1.82. The van der Waals surface area contributed by atoms with Gasteiger partial charge in [0.05, 0.1) is 0 Å². The molecule has 2 N–H and O–H groups in total. The van der Waals surface area contributed by atoms with Gasteiger partial charge in [-0.3, -0.25) is 0 Å². The van der Waals surface area contributed by atoms with Crippen molar-refractivity contribution >= 4 is 11.6 Å². The van der Waals surface area contributed by atoms with Crippen molar-refractivity contribution in [3.8, 4) is 0 Å². The van der Waals surface area contributed by atoms with Crippen molar-refractivity contribution in [3.05, 3.63) is 34.9 Å². The fraction of sp³-hybridized carbons (Fsp3) is 0.538. The van der Waals surface area contributed by atoms with E-state index in [1.165, 1.54) is 0 Å². The number of halogens is 1. The van der Waals surface area contributed by atoms with Crippen molar-refractivity contribution < 1.29 is 0 Å². The van der Waals surface area contributed by atoms with Gasteiger partial charge in [-0.25, -0.2) is 0 Å². The standard InChI is InChI=1S/C13H20ClN/c1-4-13(15,10(2)3)9-11-7-5-6-8-12(11)14/h5-8,10H,4,9,15H2,1-3H3. The van der Waals surface area contributed by atoms with E-state index in [2.05, 4.69) is 26.8 Å². The summed E-state index contributed by atoms with van der Waals surface area (Å²) in [5.74, 6) is 0.457. The Labute approximate surface area is 97.6 Å². The average Bonchev–Trinajstić information content (AvgIpc) is 2.21. The Morgan fingerprint density at radius 1 is 1.33 bits per heavy atom. The predicted molar refractivity (Wildman–Crippen MR) is 67.2 cm³/mol. The van der Waals surface area contributed by atoms with E-state index >= 15 is 0 Å². The van der Waals surface area contributed by atoms with Crippen molar-refractivity contribution in [1.82, 2.24) is 0 Å². The van der Waals surface area contributed by atoms with E-state index in [0.717, 1.165) is 23.4 Å². The lowest BCUT2D eigenvalue weighted by atomic mass is 9.80. The molecular formula is C13H20ClN. The molecular weight excluding hydrogens is 206 g/mol. The molecule has 1 atom stereocenters. The van der Waals surface area contributed by atoms with Gasteiger partial charge in [0.2, 0.25) is 0 Å². The maximum Gasteiger partial charge on any atom is 0.0438 e. The second-order valence-corrected chi connectivity index (χ2v) is 4.92. The molecule has 1 aromatic rings. The summed E-state index contributed by atoms with van der Waals surface area (Å²) in [6.45, 7) is 6.47. The molecule has 0 heterocycles. The molecule has 0 aliphatic rings. The first-order valence-corrected chi connectivity index (χ1v) is 5.89. The normalized spacial score (nSPS) is 15.3. The monoisotopic (exact) mass is 225 g/mol. The molecule has 0 aliphatic heterocycles. The first-order valence-electron chi connectivity index (χ1n) is 5.52. The van der Waals surface area contributed by atoms with Crippen LogP contribution in [0.25, 0.3) is 0 Å². The second-order valence-electron chi connectivity index (χ2n) is 4.51. The van der Waals surface area contributed by atoms with Crippen molar-refractivity contribution in [2.45, 2.75) is 39.2 Å². The molecule has 0 aliphatic carbocycles. The molecule has 1 aromatic carbocycles. The fourth-order valence-electron chi connectivity index (χ4n) is 1.73. The second kappa shape index (κ2) is 5.00. The zero-order chi connectivity index (χ0) is 11.5. The summed E-state index contributed by atoms with van der Waals surface area (Å²) >= 11 is 6.14. The topological polar surface area (TPSA) is 26.0 Å². The van der Waals surface area contributed by atoms with E-state index < -0.39 is 0 Å². The molecule has 15 heavy (non-hydrogen) atoms. The molecule has 1 unspecified atom stereocenters. The SMILES string of the molecule is CCC(N)(Cc1ccccc1Cl)C(C)C. The summed E-state index contributed by atoms with van der Waals surface area (Å²) in [5.41, 5.74) is 7.38. The van der Waals surface area contributed by atoms with E-state index in [0.29, 0.717) is 5.92 Å². The van der Waals surface area contributed by atoms with Gasteiger partial charge in [0.1, 0.15) is 0 Å². The van der Waals surface area contributed by atoms with Gasteiger partial charge in [-0.05, 0) is 30.4 Å². The highest BCUT2D eigenvalue weighted by Gasteiger charge is 2.27. The summed E-state index contributed by atoms with van der Waals surface area (Å²) in [6, 6.07) is 7.94. The molecule has 1 nitrogen and oxygen atoms in total. The van der Waals surface area contributed by atoms with E-state index in [-0.39, 0.29) is 5.54 Å². The molecule has 0 aromatic heterocycles. The van der Waals surface area contributed by atoms with Crippen LogP contribution in [0.1, 0.15) is 32.8 Å². The number of hydrogen-bond donors (Lipinski definition) is 1. The van der Waals surface area contributed by atoms with Crippen molar-refractivity contribution in [3.63, 3.8) is 0 Å². The molecule has 84 valence electrons. The largest absolute Gasteiger partial charge is 0.325 e. The molecule has 0 saturated carbocycles. The van der Waals surface area contributed by atoms with Crippen LogP contribution in [0.3, 0.4) is 0 Å². The Hall–Kier alpha value is -0.530. The maximum atomic E-state index is 6.38. The van der Waals surface area contributed by atoms with Crippen LogP contribution in [0.5, 0.6) is 0 Å². The molecule has 0 bridgehead atoms. The van der Waals surface area contributed by atoms with Crippen molar-refractivity contribution in [2.24, 2.45) is 11.7 Å². The first kappa shape index (κ1) is 12.5. The van der Waals surface area contributed by atoms with Crippen LogP contribution >= 0.6 is 11.6 Å². The van der Waals surface area contributed by atoms with Gasteiger partial charge in [-0.15, -0.1) is 0 Å². The quantitative estimate of drug-likeness (QED) is 0.832. The van der Waals surface area contributed by atoms with Crippen molar-refractivity contribution in [1.29, 1.82) is 0 Å². The Balaban J connectivity index is 2.89. The number of nitrogens with two attached hydrogens (primary N) is 1. The van der Waals surface area contributed by atoms with Crippen LogP contribution in [0, 0.1) is 5.92 Å². The highest BCUT2D eigenvalue weighted by Crippen LogP contribution is 2.26. The summed E-state index contributed by atoms with van der Waals surface area (Å²) in [5, 5.41) is 0.821. The Morgan fingerprint density at radius 2 is 1.93 bits per heavy atom. The van der Waals surface area contributed by atoms with Crippen LogP contribution in [0.4, 0.5) is 0 Å². The van der Waals surface area contributed by atoms with Gasteiger partial charge in [0.15, 0.2) is 0 Å². The molecule has 0 fully saturated rings. The van der Waals surface area contributed by atoms with Gasteiger partial charge < -0.3 is 5.73 Å². The molecule has 2 heteroatoms. The van der Waals surface area contributed by atoms with Gasteiger partial charge in [-0.1, -0.05) is 50.6 Å². The van der Waals surface area contributed by atoms with Crippen LogP contribution < -0.4 is 5.73 Å². The highest BCUT2D eigenvalue weighted by molar-refractivity contribution is 6.31. The van der Waals surface area contributed by atoms with E-state index in [1.807, 2.05) is 18.2 Å². The summed E-state index contributed by atoms with van der Waals surface area (Å²) < 4.78 is 0.